The maximum absolute atomic E-state index is 12.3. The van der Waals surface area contributed by atoms with Crippen molar-refractivity contribution >= 4 is 5.91 Å². The van der Waals surface area contributed by atoms with Gasteiger partial charge in [-0.3, -0.25) is 4.79 Å². The van der Waals surface area contributed by atoms with Gasteiger partial charge in [-0.2, -0.15) is 0 Å². The van der Waals surface area contributed by atoms with Crippen molar-refractivity contribution in [1.82, 2.24) is 15.3 Å². The van der Waals surface area contributed by atoms with Gasteiger partial charge in [0.05, 0.1) is 20.3 Å². The smallest absolute Gasteiger partial charge is 0.251 e. The van der Waals surface area contributed by atoms with Crippen LogP contribution in [0.4, 0.5) is 0 Å². The molecule has 0 aromatic carbocycles. The third-order valence-electron chi connectivity index (χ3n) is 3.63. The normalized spacial score (nSPS) is 16.6. The van der Waals surface area contributed by atoms with Gasteiger partial charge >= 0.3 is 0 Å². The molecule has 0 radical (unpaired) electrons. The van der Waals surface area contributed by atoms with Crippen LogP contribution >= 0.6 is 0 Å². The summed E-state index contributed by atoms with van der Waals surface area (Å²) in [6.07, 6.45) is 4.04. The van der Waals surface area contributed by atoms with Gasteiger partial charge < -0.3 is 19.5 Å². The molecule has 3 rings (SSSR count). The Morgan fingerprint density at radius 1 is 1.29 bits per heavy atom. The number of carbonyl (C=O) groups excluding carboxylic acids is 1. The van der Waals surface area contributed by atoms with Crippen LogP contribution in [0.1, 0.15) is 22.3 Å². The van der Waals surface area contributed by atoms with Crippen LogP contribution in [-0.4, -0.2) is 42.3 Å². The zero-order chi connectivity index (χ0) is 16.8. The number of ether oxygens (including phenoxy) is 3. The van der Waals surface area contributed by atoms with Gasteiger partial charge in [0.15, 0.2) is 0 Å². The number of hydrogen-bond donors (Lipinski definition) is 1. The first-order valence-corrected chi connectivity index (χ1v) is 7.72. The number of nitrogens with one attached hydrogen (secondary N) is 1. The fourth-order valence-corrected chi connectivity index (χ4v) is 2.35. The fourth-order valence-electron chi connectivity index (χ4n) is 2.35. The summed E-state index contributed by atoms with van der Waals surface area (Å²) < 4.78 is 16.1. The van der Waals surface area contributed by atoms with Gasteiger partial charge in [-0.05, 0) is 17.7 Å². The van der Waals surface area contributed by atoms with Gasteiger partial charge in [0.25, 0.3) is 5.91 Å². The SMILES string of the molecule is COc1cc(CNC(=O)c2ccnc(OC3CCOC3)c2)ccn1. The Bertz CT molecular complexity index is 702. The lowest BCUT2D eigenvalue weighted by Crippen LogP contribution is -2.23. The monoisotopic (exact) mass is 329 g/mol. The van der Waals surface area contributed by atoms with Crippen molar-refractivity contribution in [2.45, 2.75) is 19.1 Å². The van der Waals surface area contributed by atoms with Gasteiger partial charge in [-0.25, -0.2) is 9.97 Å². The van der Waals surface area contributed by atoms with Gasteiger partial charge in [0.2, 0.25) is 11.8 Å². The molecule has 1 amide bonds. The Morgan fingerprint density at radius 2 is 2.12 bits per heavy atom. The Morgan fingerprint density at radius 3 is 2.92 bits per heavy atom. The summed E-state index contributed by atoms with van der Waals surface area (Å²) in [5.74, 6) is 0.754. The van der Waals surface area contributed by atoms with E-state index in [2.05, 4.69) is 15.3 Å². The van der Waals surface area contributed by atoms with Gasteiger partial charge in [0.1, 0.15) is 6.10 Å². The van der Waals surface area contributed by atoms with Crippen molar-refractivity contribution in [3.05, 3.63) is 47.8 Å². The summed E-state index contributed by atoms with van der Waals surface area (Å²) in [6, 6.07) is 6.90. The molecule has 1 fully saturated rings. The lowest BCUT2D eigenvalue weighted by molar-refractivity contribution is 0.0949. The third kappa shape index (κ3) is 4.20. The number of amides is 1. The van der Waals surface area contributed by atoms with E-state index < -0.39 is 0 Å². The fraction of sp³-hybridized carbons (Fsp3) is 0.353. The molecule has 2 aromatic heterocycles. The second kappa shape index (κ2) is 7.74. The van der Waals surface area contributed by atoms with Crippen LogP contribution < -0.4 is 14.8 Å². The number of hydrogen-bond acceptors (Lipinski definition) is 6. The molecule has 0 bridgehead atoms. The lowest BCUT2D eigenvalue weighted by Gasteiger charge is -2.11. The standard InChI is InChI=1S/C17H19N3O4/c1-22-15-8-12(2-5-18-15)10-20-17(21)13-3-6-19-16(9-13)24-14-4-7-23-11-14/h2-3,5-6,8-9,14H,4,7,10-11H2,1H3,(H,20,21). The molecule has 1 unspecified atom stereocenters. The minimum atomic E-state index is -0.194. The molecule has 0 aliphatic carbocycles. The molecular weight excluding hydrogens is 310 g/mol. The van der Waals surface area contributed by atoms with Gasteiger partial charge in [-0.1, -0.05) is 0 Å². The molecule has 7 heteroatoms. The molecule has 2 aromatic rings. The average molecular weight is 329 g/mol. The second-order valence-electron chi connectivity index (χ2n) is 5.38. The predicted octanol–water partition coefficient (Wildman–Crippen LogP) is 1.58. The van der Waals surface area contributed by atoms with Crippen LogP contribution in [0.2, 0.25) is 0 Å². The highest BCUT2D eigenvalue weighted by Crippen LogP contribution is 2.16. The van der Waals surface area contributed by atoms with Crippen molar-refractivity contribution in [2.24, 2.45) is 0 Å². The zero-order valence-electron chi connectivity index (χ0n) is 13.4. The van der Waals surface area contributed by atoms with E-state index in [-0.39, 0.29) is 12.0 Å². The number of aromatic nitrogens is 2. The molecule has 24 heavy (non-hydrogen) atoms. The molecule has 7 nitrogen and oxygen atoms in total. The number of rotatable bonds is 6. The lowest BCUT2D eigenvalue weighted by atomic mass is 10.2. The van der Waals surface area contributed by atoms with Crippen molar-refractivity contribution in [3.8, 4) is 11.8 Å². The minimum Gasteiger partial charge on any atom is -0.481 e. The zero-order valence-corrected chi connectivity index (χ0v) is 13.4. The molecule has 1 atom stereocenters. The largest absolute Gasteiger partial charge is 0.481 e. The summed E-state index contributed by atoms with van der Waals surface area (Å²) in [5.41, 5.74) is 1.41. The van der Waals surface area contributed by atoms with Crippen LogP contribution in [-0.2, 0) is 11.3 Å². The van der Waals surface area contributed by atoms with Gasteiger partial charge in [0, 0.05) is 43.1 Å². The highest BCUT2D eigenvalue weighted by molar-refractivity contribution is 5.94. The van der Waals surface area contributed by atoms with Crippen LogP contribution in [0, 0.1) is 0 Å². The van der Waals surface area contributed by atoms with E-state index in [0.29, 0.717) is 37.1 Å². The number of pyridine rings is 2. The van der Waals surface area contributed by atoms with Crippen molar-refractivity contribution in [1.29, 1.82) is 0 Å². The maximum Gasteiger partial charge on any atom is 0.251 e. The van der Waals surface area contributed by atoms with Crippen molar-refractivity contribution < 1.29 is 19.0 Å². The van der Waals surface area contributed by atoms with Crippen molar-refractivity contribution in [3.63, 3.8) is 0 Å². The maximum atomic E-state index is 12.3. The van der Waals surface area contributed by atoms with E-state index in [1.54, 1.807) is 37.7 Å². The average Bonchev–Trinajstić information content (AvgIpc) is 3.13. The molecule has 1 N–H and O–H groups in total. The van der Waals surface area contributed by atoms with Gasteiger partial charge in [-0.15, -0.1) is 0 Å². The number of methoxy groups -OCH3 is 1. The summed E-state index contributed by atoms with van der Waals surface area (Å²) in [6.45, 7) is 1.63. The van der Waals surface area contributed by atoms with Crippen LogP contribution in [0.25, 0.3) is 0 Å². The van der Waals surface area contributed by atoms with E-state index in [1.165, 1.54) is 0 Å². The Labute approximate surface area is 140 Å². The molecule has 1 saturated heterocycles. The predicted molar refractivity (Wildman–Crippen MR) is 86.0 cm³/mol. The molecular formula is C17H19N3O4. The van der Waals surface area contributed by atoms with Crippen molar-refractivity contribution in [2.75, 3.05) is 20.3 Å². The highest BCUT2D eigenvalue weighted by atomic mass is 16.5. The molecule has 1 aliphatic rings. The number of carbonyl (C=O) groups is 1. The number of nitrogens with zero attached hydrogens (tertiary/aromatic N) is 2. The quantitative estimate of drug-likeness (QED) is 0.866. The minimum absolute atomic E-state index is 0.0000878. The molecule has 126 valence electrons. The first-order valence-electron chi connectivity index (χ1n) is 7.72. The van der Waals surface area contributed by atoms with E-state index in [4.69, 9.17) is 14.2 Å². The summed E-state index contributed by atoms with van der Waals surface area (Å²) in [7, 11) is 1.55. The van der Waals surface area contributed by atoms with E-state index in [1.807, 2.05) is 6.07 Å². The summed E-state index contributed by atoms with van der Waals surface area (Å²) >= 11 is 0. The molecule has 0 saturated carbocycles. The Hall–Kier alpha value is -2.67. The third-order valence-corrected chi connectivity index (χ3v) is 3.63. The van der Waals surface area contributed by atoms with E-state index in [0.717, 1.165) is 12.0 Å². The van der Waals surface area contributed by atoms with Crippen LogP contribution in [0.3, 0.4) is 0 Å². The molecule has 0 spiro atoms. The Kier molecular flexibility index (Phi) is 5.22. The summed E-state index contributed by atoms with van der Waals surface area (Å²) in [4.78, 5) is 20.5. The first kappa shape index (κ1) is 16.2. The molecule has 3 heterocycles. The van der Waals surface area contributed by atoms with E-state index >= 15 is 0 Å². The first-order chi connectivity index (χ1) is 11.7. The Balaban J connectivity index is 1.59. The van der Waals surface area contributed by atoms with Crippen LogP contribution in [0.15, 0.2) is 36.7 Å². The van der Waals surface area contributed by atoms with E-state index in [9.17, 15) is 4.79 Å². The summed E-state index contributed by atoms with van der Waals surface area (Å²) in [5, 5.41) is 2.86. The molecule has 1 aliphatic heterocycles. The second-order valence-corrected chi connectivity index (χ2v) is 5.38. The van der Waals surface area contributed by atoms with Crippen LogP contribution in [0.5, 0.6) is 11.8 Å². The highest BCUT2D eigenvalue weighted by Gasteiger charge is 2.18. The topological polar surface area (TPSA) is 82.6 Å².